The third-order valence-corrected chi connectivity index (χ3v) is 4.08. The molecular weight excluding hydrogens is 296 g/mol. The van der Waals surface area contributed by atoms with E-state index in [1.165, 1.54) is 12.1 Å². The Balaban J connectivity index is 1.83. The maximum absolute atomic E-state index is 13.5. The summed E-state index contributed by atoms with van der Waals surface area (Å²) in [5.41, 5.74) is 4.41. The molecule has 0 N–H and O–H groups in total. The first kappa shape index (κ1) is 14.6. The monoisotopic (exact) mass is 309 g/mol. The molecule has 0 saturated carbocycles. The molecule has 0 bridgehead atoms. The van der Waals surface area contributed by atoms with Crippen molar-refractivity contribution in [3.8, 4) is 22.4 Å². The van der Waals surface area contributed by atoms with E-state index in [4.69, 9.17) is 7.85 Å². The molecule has 0 amide bonds. The summed E-state index contributed by atoms with van der Waals surface area (Å²) in [4.78, 5) is 4.46. The second kappa shape index (κ2) is 5.93. The van der Waals surface area contributed by atoms with E-state index in [0.717, 1.165) is 33.2 Å². The van der Waals surface area contributed by atoms with E-state index >= 15 is 0 Å². The highest BCUT2D eigenvalue weighted by Gasteiger charge is 2.08. The zero-order valence-corrected chi connectivity index (χ0v) is 12.9. The lowest BCUT2D eigenvalue weighted by molar-refractivity contribution is 0.630. The van der Waals surface area contributed by atoms with Crippen molar-refractivity contribution in [2.24, 2.45) is 0 Å². The molecule has 24 heavy (non-hydrogen) atoms. The SMILES string of the molecule is [B]c1cc2cc(F)ccc2c(-c2ccc(-c3ccccc3)cc2)n1. The van der Waals surface area contributed by atoms with Gasteiger partial charge in [-0.2, -0.15) is 0 Å². The molecule has 0 fully saturated rings. The molecule has 112 valence electrons. The third-order valence-electron chi connectivity index (χ3n) is 4.08. The van der Waals surface area contributed by atoms with E-state index < -0.39 is 0 Å². The van der Waals surface area contributed by atoms with Crippen LogP contribution < -0.4 is 5.59 Å². The van der Waals surface area contributed by atoms with Crippen molar-refractivity contribution in [3.63, 3.8) is 0 Å². The number of benzene rings is 3. The number of aromatic nitrogens is 1. The van der Waals surface area contributed by atoms with Crippen molar-refractivity contribution in [1.29, 1.82) is 0 Å². The fraction of sp³-hybridized carbons (Fsp3) is 0. The van der Waals surface area contributed by atoms with Gasteiger partial charge in [0, 0.05) is 10.9 Å². The Hall–Kier alpha value is -2.94. The van der Waals surface area contributed by atoms with Gasteiger partial charge in [-0.1, -0.05) is 54.6 Å². The average Bonchev–Trinajstić information content (AvgIpc) is 2.61. The van der Waals surface area contributed by atoms with Crippen molar-refractivity contribution in [2.45, 2.75) is 0 Å². The van der Waals surface area contributed by atoms with Crippen molar-refractivity contribution in [2.75, 3.05) is 0 Å². The number of rotatable bonds is 2. The second-order valence-corrected chi connectivity index (χ2v) is 5.70. The van der Waals surface area contributed by atoms with E-state index in [2.05, 4.69) is 29.2 Å². The lowest BCUT2D eigenvalue weighted by atomic mass is 9.96. The molecule has 0 aliphatic heterocycles. The molecule has 0 aliphatic rings. The minimum absolute atomic E-state index is 0.279. The van der Waals surface area contributed by atoms with Crippen LogP contribution in [0.2, 0.25) is 0 Å². The van der Waals surface area contributed by atoms with Crippen molar-refractivity contribution in [1.82, 2.24) is 4.98 Å². The lowest BCUT2D eigenvalue weighted by Gasteiger charge is -2.09. The fourth-order valence-electron chi connectivity index (χ4n) is 2.92. The third kappa shape index (κ3) is 2.69. The standard InChI is InChI=1S/C21H13BFN/c22-20-13-17-12-18(23)10-11-19(17)21(24-20)16-8-6-15(7-9-16)14-4-2-1-3-5-14/h1-13H. The Labute approximate surface area is 141 Å². The van der Waals surface area contributed by atoms with Gasteiger partial charge in [0.25, 0.3) is 0 Å². The van der Waals surface area contributed by atoms with Gasteiger partial charge >= 0.3 is 0 Å². The Morgan fingerprint density at radius 2 is 1.38 bits per heavy atom. The van der Waals surface area contributed by atoms with Crippen LogP contribution in [0.15, 0.2) is 78.9 Å². The van der Waals surface area contributed by atoms with E-state index in [1.807, 2.05) is 30.3 Å². The van der Waals surface area contributed by atoms with Crippen LogP contribution in [0.3, 0.4) is 0 Å². The molecule has 1 heterocycles. The summed E-state index contributed by atoms with van der Waals surface area (Å²) in [6.07, 6.45) is 0. The number of nitrogens with zero attached hydrogens (tertiary/aromatic N) is 1. The molecule has 2 radical (unpaired) electrons. The summed E-state index contributed by atoms with van der Waals surface area (Å²) < 4.78 is 13.5. The molecule has 0 aliphatic carbocycles. The summed E-state index contributed by atoms with van der Waals surface area (Å²) in [5.74, 6) is -0.279. The molecule has 0 spiro atoms. The van der Waals surface area contributed by atoms with Gasteiger partial charge < -0.3 is 0 Å². The summed E-state index contributed by atoms with van der Waals surface area (Å²) in [5, 5.41) is 1.64. The summed E-state index contributed by atoms with van der Waals surface area (Å²) in [6, 6.07) is 24.7. The molecule has 3 heteroatoms. The molecule has 0 atom stereocenters. The van der Waals surface area contributed by atoms with Crippen molar-refractivity contribution >= 4 is 24.2 Å². The zero-order chi connectivity index (χ0) is 16.5. The quantitative estimate of drug-likeness (QED) is 0.497. The molecule has 3 aromatic carbocycles. The van der Waals surface area contributed by atoms with Crippen molar-refractivity contribution in [3.05, 3.63) is 84.7 Å². The molecule has 1 nitrogen and oxygen atoms in total. The number of halogens is 1. The fourth-order valence-corrected chi connectivity index (χ4v) is 2.92. The van der Waals surface area contributed by atoms with Gasteiger partial charge in [0.2, 0.25) is 0 Å². The molecule has 4 rings (SSSR count). The van der Waals surface area contributed by atoms with E-state index in [1.54, 1.807) is 12.1 Å². The second-order valence-electron chi connectivity index (χ2n) is 5.70. The highest BCUT2D eigenvalue weighted by atomic mass is 19.1. The summed E-state index contributed by atoms with van der Waals surface area (Å²) >= 11 is 0. The van der Waals surface area contributed by atoms with Crippen LogP contribution >= 0.6 is 0 Å². The largest absolute Gasteiger partial charge is 0.264 e. The first-order chi connectivity index (χ1) is 11.7. The summed E-state index contributed by atoms with van der Waals surface area (Å²) in [6.45, 7) is 0. The van der Waals surface area contributed by atoms with Crippen LogP contribution in [-0.4, -0.2) is 12.8 Å². The predicted octanol–water partition coefficient (Wildman–Crippen LogP) is 4.50. The van der Waals surface area contributed by atoms with Crippen LogP contribution in [0.1, 0.15) is 0 Å². The van der Waals surface area contributed by atoms with E-state index in [0.29, 0.717) is 5.59 Å². The molecule has 0 saturated heterocycles. The number of pyridine rings is 1. The number of fused-ring (bicyclic) bond motifs is 1. The van der Waals surface area contributed by atoms with Gasteiger partial charge in [0.15, 0.2) is 0 Å². The van der Waals surface area contributed by atoms with Crippen LogP contribution in [0.25, 0.3) is 33.2 Å². The first-order valence-electron chi connectivity index (χ1n) is 7.72. The Kier molecular flexibility index (Phi) is 3.62. The van der Waals surface area contributed by atoms with Crippen LogP contribution in [0.4, 0.5) is 4.39 Å². The van der Waals surface area contributed by atoms with Crippen molar-refractivity contribution < 1.29 is 4.39 Å². The topological polar surface area (TPSA) is 12.9 Å². The van der Waals surface area contributed by atoms with E-state index in [-0.39, 0.29) is 5.82 Å². The summed E-state index contributed by atoms with van der Waals surface area (Å²) in [7, 11) is 5.90. The van der Waals surface area contributed by atoms with Gasteiger partial charge in [0.05, 0.1) is 5.69 Å². The molecule has 0 unspecified atom stereocenters. The predicted molar refractivity (Wildman–Crippen MR) is 98.0 cm³/mol. The van der Waals surface area contributed by atoms with Gasteiger partial charge in [-0.05, 0) is 46.4 Å². The van der Waals surface area contributed by atoms with Gasteiger partial charge in [-0.15, -0.1) is 0 Å². The first-order valence-corrected chi connectivity index (χ1v) is 7.72. The smallest absolute Gasteiger partial charge is 0.141 e. The highest BCUT2D eigenvalue weighted by molar-refractivity contribution is 6.32. The lowest BCUT2D eigenvalue weighted by Crippen LogP contribution is -2.09. The van der Waals surface area contributed by atoms with Gasteiger partial charge in [0.1, 0.15) is 13.7 Å². The zero-order valence-electron chi connectivity index (χ0n) is 12.9. The van der Waals surface area contributed by atoms with Crippen LogP contribution in [-0.2, 0) is 0 Å². The number of hydrogen-bond donors (Lipinski definition) is 0. The Morgan fingerprint density at radius 1 is 0.708 bits per heavy atom. The normalized spacial score (nSPS) is 10.9. The minimum atomic E-state index is -0.279. The molecule has 1 aromatic heterocycles. The maximum Gasteiger partial charge on any atom is 0.141 e. The maximum atomic E-state index is 13.5. The minimum Gasteiger partial charge on any atom is -0.264 e. The van der Waals surface area contributed by atoms with E-state index in [9.17, 15) is 4.39 Å². The van der Waals surface area contributed by atoms with Crippen LogP contribution in [0, 0.1) is 5.82 Å². The number of hydrogen-bond acceptors (Lipinski definition) is 1. The molecule has 4 aromatic rings. The Morgan fingerprint density at radius 3 is 2.12 bits per heavy atom. The molecular formula is C21H13BFN. The average molecular weight is 309 g/mol. The van der Waals surface area contributed by atoms with Gasteiger partial charge in [-0.3, -0.25) is 4.98 Å². The highest BCUT2D eigenvalue weighted by Crippen LogP contribution is 2.28. The Bertz CT molecular complexity index is 1010. The van der Waals surface area contributed by atoms with Gasteiger partial charge in [-0.25, -0.2) is 4.39 Å². The van der Waals surface area contributed by atoms with Crippen LogP contribution in [0.5, 0.6) is 0 Å².